The van der Waals surface area contributed by atoms with Crippen LogP contribution in [0.3, 0.4) is 0 Å². The summed E-state index contributed by atoms with van der Waals surface area (Å²) < 4.78 is 0. The van der Waals surface area contributed by atoms with Crippen LogP contribution < -0.4 is 16.0 Å². The Bertz CT molecular complexity index is 424. The van der Waals surface area contributed by atoms with E-state index in [-0.39, 0.29) is 11.9 Å². The number of hydrogen-bond donors (Lipinski definition) is 3. The fourth-order valence-electron chi connectivity index (χ4n) is 2.20. The van der Waals surface area contributed by atoms with Crippen LogP contribution in [0.2, 0.25) is 0 Å². The second kappa shape index (κ2) is 8.60. The zero-order chi connectivity index (χ0) is 16.6. The van der Waals surface area contributed by atoms with E-state index in [9.17, 15) is 9.59 Å². The van der Waals surface area contributed by atoms with Crippen molar-refractivity contribution in [3.63, 3.8) is 0 Å². The van der Waals surface area contributed by atoms with Crippen molar-refractivity contribution in [2.24, 2.45) is 4.99 Å². The van der Waals surface area contributed by atoms with Crippen LogP contribution in [-0.2, 0) is 4.79 Å². The minimum atomic E-state index is -0.748. The lowest BCUT2D eigenvalue weighted by atomic mass is 9.99. The lowest BCUT2D eigenvalue weighted by Gasteiger charge is -2.19. The molecule has 0 saturated carbocycles. The van der Waals surface area contributed by atoms with E-state index in [1.54, 1.807) is 6.92 Å². The molecule has 1 aliphatic heterocycles. The van der Waals surface area contributed by atoms with Crippen molar-refractivity contribution in [2.45, 2.75) is 52.5 Å². The zero-order valence-electron chi connectivity index (χ0n) is 14.2. The standard InChI is InChI=1S/C15H29N5O2/c1-5-9-17-13(16-7-3)18-10-8-11-20-12(21)15(4,6-2)19-14(20)22/h5-11H2,1-4H3,(H,19,22)(H2,16,17,18). The Morgan fingerprint density at radius 1 is 1.27 bits per heavy atom. The van der Waals surface area contributed by atoms with Crippen LogP contribution in [0.25, 0.3) is 0 Å². The van der Waals surface area contributed by atoms with Gasteiger partial charge in [0.25, 0.3) is 5.91 Å². The Morgan fingerprint density at radius 3 is 2.55 bits per heavy atom. The van der Waals surface area contributed by atoms with Gasteiger partial charge in [-0.1, -0.05) is 13.8 Å². The average molecular weight is 311 g/mol. The van der Waals surface area contributed by atoms with Crippen LogP contribution in [0.1, 0.15) is 47.0 Å². The third kappa shape index (κ3) is 4.61. The first-order valence-corrected chi connectivity index (χ1v) is 8.14. The summed E-state index contributed by atoms with van der Waals surface area (Å²) in [5, 5.41) is 9.14. The topological polar surface area (TPSA) is 85.8 Å². The smallest absolute Gasteiger partial charge is 0.325 e. The number of amides is 3. The van der Waals surface area contributed by atoms with Crippen molar-refractivity contribution < 1.29 is 9.59 Å². The highest BCUT2D eigenvalue weighted by molar-refractivity contribution is 6.06. The number of rotatable bonds is 8. The van der Waals surface area contributed by atoms with Crippen molar-refractivity contribution in [2.75, 3.05) is 26.2 Å². The van der Waals surface area contributed by atoms with Crippen molar-refractivity contribution in [1.82, 2.24) is 20.9 Å². The first-order chi connectivity index (χ1) is 10.5. The van der Waals surface area contributed by atoms with E-state index >= 15 is 0 Å². The Kier molecular flexibility index (Phi) is 7.14. The normalized spacial score (nSPS) is 22.0. The molecule has 0 aromatic carbocycles. The molecule has 3 N–H and O–H groups in total. The molecule has 0 radical (unpaired) electrons. The van der Waals surface area contributed by atoms with E-state index in [0.29, 0.717) is 25.9 Å². The van der Waals surface area contributed by atoms with Crippen LogP contribution in [-0.4, -0.2) is 54.5 Å². The van der Waals surface area contributed by atoms with Gasteiger partial charge >= 0.3 is 6.03 Å². The summed E-state index contributed by atoms with van der Waals surface area (Å²) in [6, 6.07) is -0.291. The van der Waals surface area contributed by atoms with Gasteiger partial charge in [-0.15, -0.1) is 0 Å². The number of guanidine groups is 1. The minimum Gasteiger partial charge on any atom is -0.357 e. The second-order valence-electron chi connectivity index (χ2n) is 5.61. The summed E-state index contributed by atoms with van der Waals surface area (Å²) in [5.74, 6) is 0.645. The minimum absolute atomic E-state index is 0.133. The number of nitrogens with one attached hydrogen (secondary N) is 3. The van der Waals surface area contributed by atoms with Gasteiger partial charge in [-0.2, -0.15) is 0 Å². The van der Waals surface area contributed by atoms with Gasteiger partial charge in [-0.3, -0.25) is 14.7 Å². The van der Waals surface area contributed by atoms with Crippen molar-refractivity contribution in [3.8, 4) is 0 Å². The second-order valence-corrected chi connectivity index (χ2v) is 5.61. The highest BCUT2D eigenvalue weighted by Gasteiger charge is 2.45. The van der Waals surface area contributed by atoms with Gasteiger partial charge in [0.1, 0.15) is 5.54 Å². The number of nitrogens with zero attached hydrogens (tertiary/aromatic N) is 2. The molecule has 0 aromatic rings. The molecule has 1 unspecified atom stereocenters. The monoisotopic (exact) mass is 311 g/mol. The van der Waals surface area contributed by atoms with E-state index < -0.39 is 5.54 Å². The van der Waals surface area contributed by atoms with Gasteiger partial charge in [0, 0.05) is 26.2 Å². The molecule has 1 atom stereocenters. The first kappa shape index (κ1) is 18.3. The largest absolute Gasteiger partial charge is 0.357 e. The number of carbonyl (C=O) groups is 2. The molecular weight excluding hydrogens is 282 g/mol. The summed E-state index contributed by atoms with van der Waals surface area (Å²) in [6.45, 7) is 10.4. The van der Waals surface area contributed by atoms with E-state index in [4.69, 9.17) is 0 Å². The quantitative estimate of drug-likeness (QED) is 0.271. The molecule has 126 valence electrons. The van der Waals surface area contributed by atoms with Crippen molar-refractivity contribution in [3.05, 3.63) is 0 Å². The maximum Gasteiger partial charge on any atom is 0.325 e. The van der Waals surface area contributed by atoms with Gasteiger partial charge in [-0.05, 0) is 33.1 Å². The number of urea groups is 1. The van der Waals surface area contributed by atoms with E-state index in [1.807, 2.05) is 13.8 Å². The number of hydrogen-bond acceptors (Lipinski definition) is 3. The fourth-order valence-corrected chi connectivity index (χ4v) is 2.20. The van der Waals surface area contributed by atoms with Gasteiger partial charge in [0.2, 0.25) is 0 Å². The first-order valence-electron chi connectivity index (χ1n) is 8.14. The highest BCUT2D eigenvalue weighted by Crippen LogP contribution is 2.20. The predicted molar refractivity (Wildman–Crippen MR) is 87.8 cm³/mol. The number of carbonyl (C=O) groups excluding carboxylic acids is 2. The third-order valence-electron chi connectivity index (χ3n) is 3.74. The van der Waals surface area contributed by atoms with Crippen LogP contribution in [0, 0.1) is 0 Å². The molecule has 0 aromatic heterocycles. The third-order valence-corrected chi connectivity index (χ3v) is 3.74. The number of imide groups is 1. The van der Waals surface area contributed by atoms with Crippen LogP contribution in [0.15, 0.2) is 4.99 Å². The van der Waals surface area contributed by atoms with E-state index in [2.05, 4.69) is 27.9 Å². The van der Waals surface area contributed by atoms with Gasteiger partial charge in [0.15, 0.2) is 5.96 Å². The van der Waals surface area contributed by atoms with E-state index in [0.717, 1.165) is 25.5 Å². The Morgan fingerprint density at radius 2 is 2.00 bits per heavy atom. The van der Waals surface area contributed by atoms with Gasteiger partial charge in [0.05, 0.1) is 0 Å². The molecular formula is C15H29N5O2. The van der Waals surface area contributed by atoms with Crippen molar-refractivity contribution >= 4 is 17.9 Å². The summed E-state index contributed by atoms with van der Waals surface area (Å²) in [5.41, 5.74) is -0.748. The fraction of sp³-hybridized carbons (Fsp3) is 0.800. The Labute approximate surface area is 132 Å². The molecule has 1 fully saturated rings. The van der Waals surface area contributed by atoms with Crippen LogP contribution >= 0.6 is 0 Å². The van der Waals surface area contributed by atoms with Crippen LogP contribution in [0.4, 0.5) is 4.79 Å². The molecule has 0 aliphatic carbocycles. The maximum absolute atomic E-state index is 12.2. The summed E-state index contributed by atoms with van der Waals surface area (Å²) in [6.07, 6.45) is 2.28. The Balaban J connectivity index is 2.41. The van der Waals surface area contributed by atoms with Crippen molar-refractivity contribution in [1.29, 1.82) is 0 Å². The molecule has 0 spiro atoms. The molecule has 7 heteroatoms. The lowest BCUT2D eigenvalue weighted by molar-refractivity contribution is -0.130. The molecule has 1 heterocycles. The van der Waals surface area contributed by atoms with Gasteiger partial charge < -0.3 is 16.0 Å². The molecule has 3 amide bonds. The molecule has 1 rings (SSSR count). The summed E-state index contributed by atoms with van der Waals surface area (Å²) >= 11 is 0. The van der Waals surface area contributed by atoms with E-state index in [1.165, 1.54) is 4.90 Å². The summed E-state index contributed by atoms with van der Waals surface area (Å²) in [7, 11) is 0. The van der Waals surface area contributed by atoms with Gasteiger partial charge in [-0.25, -0.2) is 4.79 Å². The van der Waals surface area contributed by atoms with Crippen LogP contribution in [0.5, 0.6) is 0 Å². The lowest BCUT2D eigenvalue weighted by Crippen LogP contribution is -2.43. The predicted octanol–water partition coefficient (Wildman–Crippen LogP) is 1.06. The zero-order valence-corrected chi connectivity index (χ0v) is 14.2. The average Bonchev–Trinajstić information content (AvgIpc) is 2.72. The molecule has 1 aliphatic rings. The Hall–Kier alpha value is -1.79. The highest BCUT2D eigenvalue weighted by atomic mass is 16.2. The molecule has 7 nitrogen and oxygen atoms in total. The summed E-state index contributed by atoms with van der Waals surface area (Å²) in [4.78, 5) is 29.8. The number of aliphatic imine (C=N–C) groups is 1. The molecule has 0 bridgehead atoms. The maximum atomic E-state index is 12.2. The SMILES string of the molecule is CCCN=C(NCC)NCCCN1C(=O)NC(C)(CC)C1=O. The molecule has 22 heavy (non-hydrogen) atoms. The molecule has 1 saturated heterocycles.